The molecule has 0 spiro atoms. The van der Waals surface area contributed by atoms with E-state index in [2.05, 4.69) is 20.5 Å². The van der Waals surface area contributed by atoms with Gasteiger partial charge in [-0.3, -0.25) is 4.90 Å². The number of carbonyl (C=O) groups excluding carboxylic acids is 1. The second-order valence-corrected chi connectivity index (χ2v) is 6.74. The smallest absolute Gasteiger partial charge is 0.389 e. The molecule has 1 aliphatic rings. The summed E-state index contributed by atoms with van der Waals surface area (Å²) in [6, 6.07) is 7.29. The highest BCUT2D eigenvalue weighted by atomic mass is 16.6. The number of hydrogen-bond donors (Lipinski definition) is 1. The minimum absolute atomic E-state index is 0.0159. The Bertz CT molecular complexity index is 710. The Labute approximate surface area is 141 Å². The Kier molecular flexibility index (Phi) is 4.44. The van der Waals surface area contributed by atoms with Crippen LogP contribution in [0.15, 0.2) is 36.7 Å². The van der Waals surface area contributed by atoms with Crippen LogP contribution in [0.4, 0.5) is 10.6 Å². The first-order valence-corrected chi connectivity index (χ1v) is 7.92. The van der Waals surface area contributed by atoms with Gasteiger partial charge in [-0.2, -0.15) is 5.10 Å². The maximum atomic E-state index is 12.8. The Morgan fingerprint density at radius 1 is 1.25 bits per heavy atom. The predicted molar refractivity (Wildman–Crippen MR) is 90.1 cm³/mol. The van der Waals surface area contributed by atoms with Crippen LogP contribution in [0.1, 0.15) is 26.3 Å². The fourth-order valence-corrected chi connectivity index (χ4v) is 2.48. The fraction of sp³-hybridized carbons (Fsp3) is 0.412. The van der Waals surface area contributed by atoms with Crippen molar-refractivity contribution in [3.05, 3.63) is 42.2 Å². The monoisotopic (exact) mass is 327 g/mol. The lowest BCUT2D eigenvalue weighted by Crippen LogP contribution is -2.60. The molecule has 1 amide bonds. The number of nitrogens with one attached hydrogen (secondary N) is 1. The van der Waals surface area contributed by atoms with Gasteiger partial charge in [-0.1, -0.05) is 26.8 Å². The van der Waals surface area contributed by atoms with Crippen molar-refractivity contribution in [3.8, 4) is 5.88 Å². The number of hydrogen-bond acceptors (Lipinski definition) is 6. The Balaban J connectivity index is 1.87. The summed E-state index contributed by atoms with van der Waals surface area (Å²) in [6.45, 7) is 7.52. The molecule has 7 nitrogen and oxygen atoms in total. The maximum absolute atomic E-state index is 12.8. The third-order valence-corrected chi connectivity index (χ3v) is 3.90. The van der Waals surface area contributed by atoms with Crippen molar-refractivity contribution in [3.63, 3.8) is 0 Å². The molecule has 1 saturated heterocycles. The van der Waals surface area contributed by atoms with Crippen molar-refractivity contribution in [1.82, 2.24) is 20.5 Å². The van der Waals surface area contributed by atoms with E-state index in [1.807, 2.05) is 39.0 Å². The average molecular weight is 327 g/mol. The van der Waals surface area contributed by atoms with E-state index in [0.29, 0.717) is 18.9 Å². The van der Waals surface area contributed by atoms with Crippen LogP contribution in [0.5, 0.6) is 5.88 Å². The SMILES string of the molecule is CC(C)(C)c1ccnnc1OC(=O)N(c1ccccn1)C1CNC1. The van der Waals surface area contributed by atoms with Crippen LogP contribution >= 0.6 is 0 Å². The summed E-state index contributed by atoms with van der Waals surface area (Å²) in [7, 11) is 0. The number of anilines is 1. The van der Waals surface area contributed by atoms with E-state index < -0.39 is 6.09 Å². The predicted octanol–water partition coefficient (Wildman–Crippen LogP) is 2.15. The van der Waals surface area contributed by atoms with Crippen LogP contribution in [0.25, 0.3) is 0 Å². The lowest BCUT2D eigenvalue weighted by atomic mass is 9.88. The van der Waals surface area contributed by atoms with E-state index in [0.717, 1.165) is 5.56 Å². The molecule has 0 unspecified atom stereocenters. The van der Waals surface area contributed by atoms with Crippen LogP contribution in [-0.4, -0.2) is 40.4 Å². The van der Waals surface area contributed by atoms with Crippen LogP contribution < -0.4 is 15.0 Å². The van der Waals surface area contributed by atoms with Gasteiger partial charge in [0, 0.05) is 24.8 Å². The molecular weight excluding hydrogens is 306 g/mol. The van der Waals surface area contributed by atoms with Crippen LogP contribution in [-0.2, 0) is 5.41 Å². The molecule has 0 saturated carbocycles. The van der Waals surface area contributed by atoms with Crippen molar-refractivity contribution >= 4 is 11.9 Å². The fourth-order valence-electron chi connectivity index (χ4n) is 2.48. The summed E-state index contributed by atoms with van der Waals surface area (Å²) in [5.74, 6) is 0.804. The molecule has 0 bridgehead atoms. The average Bonchev–Trinajstić information content (AvgIpc) is 2.51. The molecule has 2 aromatic rings. The van der Waals surface area contributed by atoms with Crippen molar-refractivity contribution in [2.45, 2.75) is 32.2 Å². The van der Waals surface area contributed by atoms with Gasteiger partial charge in [0.1, 0.15) is 5.82 Å². The van der Waals surface area contributed by atoms with Crippen molar-refractivity contribution < 1.29 is 9.53 Å². The standard InChI is InChI=1S/C17H21N5O2/c1-17(2,3)13-7-9-20-21-15(13)24-16(23)22(12-10-18-11-12)14-6-4-5-8-19-14/h4-9,12,18H,10-11H2,1-3H3. The van der Waals surface area contributed by atoms with E-state index in [1.165, 1.54) is 0 Å². The van der Waals surface area contributed by atoms with Gasteiger partial charge in [0.05, 0.1) is 12.2 Å². The molecule has 0 aromatic carbocycles. The van der Waals surface area contributed by atoms with Gasteiger partial charge in [-0.15, -0.1) is 5.10 Å². The molecule has 7 heteroatoms. The molecule has 24 heavy (non-hydrogen) atoms. The number of rotatable bonds is 3. The van der Waals surface area contributed by atoms with Crippen molar-refractivity contribution in [2.75, 3.05) is 18.0 Å². The zero-order chi connectivity index (χ0) is 17.2. The normalized spacial score (nSPS) is 14.8. The van der Waals surface area contributed by atoms with Gasteiger partial charge < -0.3 is 10.1 Å². The number of carbonyl (C=O) groups is 1. The lowest BCUT2D eigenvalue weighted by Gasteiger charge is -2.36. The van der Waals surface area contributed by atoms with Gasteiger partial charge in [0.2, 0.25) is 5.88 Å². The maximum Gasteiger partial charge on any atom is 0.422 e. The molecule has 1 aliphatic heterocycles. The molecule has 3 rings (SSSR count). The van der Waals surface area contributed by atoms with E-state index in [1.54, 1.807) is 23.4 Å². The second-order valence-electron chi connectivity index (χ2n) is 6.74. The Morgan fingerprint density at radius 3 is 2.62 bits per heavy atom. The number of aromatic nitrogens is 3. The van der Waals surface area contributed by atoms with Gasteiger partial charge in [-0.25, -0.2) is 9.78 Å². The molecular formula is C17H21N5O2. The zero-order valence-corrected chi connectivity index (χ0v) is 14.1. The molecule has 0 radical (unpaired) electrons. The summed E-state index contributed by atoms with van der Waals surface area (Å²) in [6.07, 6.45) is 2.76. The van der Waals surface area contributed by atoms with Crippen LogP contribution in [0.2, 0.25) is 0 Å². The first-order valence-electron chi connectivity index (χ1n) is 7.92. The highest BCUT2D eigenvalue weighted by Crippen LogP contribution is 2.29. The van der Waals surface area contributed by atoms with Gasteiger partial charge >= 0.3 is 6.09 Å². The Hall–Kier alpha value is -2.54. The number of nitrogens with zero attached hydrogens (tertiary/aromatic N) is 4. The summed E-state index contributed by atoms with van der Waals surface area (Å²) in [5, 5.41) is 11.0. The molecule has 126 valence electrons. The number of amides is 1. The minimum atomic E-state index is -0.494. The third kappa shape index (κ3) is 3.35. The second kappa shape index (κ2) is 6.52. The Morgan fingerprint density at radius 2 is 2.04 bits per heavy atom. The van der Waals surface area contributed by atoms with Crippen LogP contribution in [0, 0.1) is 0 Å². The summed E-state index contributed by atoms with van der Waals surface area (Å²) in [5.41, 5.74) is 0.623. The minimum Gasteiger partial charge on any atom is -0.389 e. The van der Waals surface area contributed by atoms with Gasteiger partial charge in [-0.05, 0) is 23.6 Å². The quantitative estimate of drug-likeness (QED) is 0.930. The van der Waals surface area contributed by atoms with Crippen molar-refractivity contribution in [1.29, 1.82) is 0 Å². The number of pyridine rings is 1. The van der Waals surface area contributed by atoms with E-state index in [4.69, 9.17) is 4.74 Å². The van der Waals surface area contributed by atoms with Crippen molar-refractivity contribution in [2.24, 2.45) is 0 Å². The first kappa shape index (κ1) is 16.3. The van der Waals surface area contributed by atoms with Crippen LogP contribution in [0.3, 0.4) is 0 Å². The third-order valence-electron chi connectivity index (χ3n) is 3.90. The van der Waals surface area contributed by atoms with E-state index >= 15 is 0 Å². The largest absolute Gasteiger partial charge is 0.422 e. The molecule has 1 fully saturated rings. The molecule has 0 atom stereocenters. The highest BCUT2D eigenvalue weighted by Gasteiger charge is 2.33. The summed E-state index contributed by atoms with van der Waals surface area (Å²) in [4.78, 5) is 18.6. The molecule has 0 aliphatic carbocycles. The van der Waals surface area contributed by atoms with E-state index in [9.17, 15) is 4.79 Å². The molecule has 1 N–H and O–H groups in total. The van der Waals surface area contributed by atoms with E-state index in [-0.39, 0.29) is 17.3 Å². The first-order chi connectivity index (χ1) is 11.5. The zero-order valence-electron chi connectivity index (χ0n) is 14.1. The number of ether oxygens (including phenoxy) is 1. The van der Waals surface area contributed by atoms with Gasteiger partial charge in [0.25, 0.3) is 0 Å². The summed E-state index contributed by atoms with van der Waals surface area (Å²) >= 11 is 0. The highest BCUT2D eigenvalue weighted by molar-refractivity contribution is 5.89. The van der Waals surface area contributed by atoms with Gasteiger partial charge in [0.15, 0.2) is 0 Å². The summed E-state index contributed by atoms with van der Waals surface area (Å²) < 4.78 is 5.59. The lowest BCUT2D eigenvalue weighted by molar-refractivity contribution is 0.197. The molecule has 2 aromatic heterocycles. The molecule has 3 heterocycles. The topological polar surface area (TPSA) is 80.2 Å².